The number of nitrogens with one attached hydrogen (secondary N) is 1. The molecular weight excluding hydrogens is 222 g/mol. The number of hydrogen-bond donors (Lipinski definition) is 1. The minimum absolute atomic E-state index is 0.827. The van der Waals surface area contributed by atoms with Crippen LogP contribution in [0.15, 0.2) is 12.4 Å². The molecule has 0 aliphatic heterocycles. The van der Waals surface area contributed by atoms with E-state index in [1.165, 1.54) is 32.1 Å². The zero-order valence-electron chi connectivity index (χ0n) is 11.7. The van der Waals surface area contributed by atoms with Gasteiger partial charge < -0.3 is 5.32 Å². The standard InChI is InChI=1S/C15H25N3/c1-3-12-5-7-13(8-6-12)10-16-15-9-14(4-2)17-11-18-15/h9,11-13H,3-8,10H2,1-2H3,(H,16,17,18). The summed E-state index contributed by atoms with van der Waals surface area (Å²) in [5, 5.41) is 3.47. The van der Waals surface area contributed by atoms with Crippen molar-refractivity contribution in [2.45, 2.75) is 52.4 Å². The lowest BCUT2D eigenvalue weighted by Crippen LogP contribution is -2.21. The van der Waals surface area contributed by atoms with E-state index in [9.17, 15) is 0 Å². The molecule has 1 aromatic rings. The highest BCUT2D eigenvalue weighted by molar-refractivity contribution is 5.34. The molecule has 3 heteroatoms. The molecule has 3 nitrogen and oxygen atoms in total. The average Bonchev–Trinajstić information content (AvgIpc) is 2.46. The third kappa shape index (κ3) is 3.69. The van der Waals surface area contributed by atoms with Crippen molar-refractivity contribution in [2.75, 3.05) is 11.9 Å². The monoisotopic (exact) mass is 247 g/mol. The Hall–Kier alpha value is -1.12. The van der Waals surface area contributed by atoms with Crippen molar-refractivity contribution in [3.05, 3.63) is 18.1 Å². The average molecular weight is 247 g/mol. The molecule has 0 saturated heterocycles. The summed E-state index contributed by atoms with van der Waals surface area (Å²) >= 11 is 0. The Bertz CT molecular complexity index is 357. The summed E-state index contributed by atoms with van der Waals surface area (Å²) in [5.41, 5.74) is 1.11. The Kier molecular flexibility index (Phi) is 4.97. The summed E-state index contributed by atoms with van der Waals surface area (Å²) in [4.78, 5) is 8.50. The molecule has 1 N–H and O–H groups in total. The molecule has 0 radical (unpaired) electrons. The maximum Gasteiger partial charge on any atom is 0.129 e. The second kappa shape index (κ2) is 6.72. The third-order valence-electron chi connectivity index (χ3n) is 4.20. The van der Waals surface area contributed by atoms with Gasteiger partial charge in [0.2, 0.25) is 0 Å². The van der Waals surface area contributed by atoms with Crippen molar-refractivity contribution in [1.82, 2.24) is 9.97 Å². The van der Waals surface area contributed by atoms with Crippen molar-refractivity contribution in [3.63, 3.8) is 0 Å². The van der Waals surface area contributed by atoms with E-state index in [1.54, 1.807) is 6.33 Å². The second-order valence-electron chi connectivity index (χ2n) is 5.42. The van der Waals surface area contributed by atoms with E-state index in [2.05, 4.69) is 35.2 Å². The first-order valence-corrected chi connectivity index (χ1v) is 7.36. The lowest BCUT2D eigenvalue weighted by molar-refractivity contribution is 0.278. The fraction of sp³-hybridized carbons (Fsp3) is 0.733. The van der Waals surface area contributed by atoms with Gasteiger partial charge in [0.05, 0.1) is 0 Å². The Morgan fingerprint density at radius 3 is 2.50 bits per heavy atom. The molecule has 0 unspecified atom stereocenters. The topological polar surface area (TPSA) is 37.8 Å². The Balaban J connectivity index is 1.77. The molecule has 0 bridgehead atoms. The van der Waals surface area contributed by atoms with Crippen molar-refractivity contribution in [2.24, 2.45) is 11.8 Å². The third-order valence-corrected chi connectivity index (χ3v) is 4.20. The molecule has 18 heavy (non-hydrogen) atoms. The van der Waals surface area contributed by atoms with Crippen molar-refractivity contribution in [1.29, 1.82) is 0 Å². The van der Waals surface area contributed by atoms with E-state index in [0.717, 1.165) is 36.3 Å². The Morgan fingerprint density at radius 2 is 1.83 bits per heavy atom. The first-order chi connectivity index (χ1) is 8.81. The van der Waals surface area contributed by atoms with E-state index in [1.807, 2.05) is 0 Å². The van der Waals surface area contributed by atoms with Gasteiger partial charge in [-0.3, -0.25) is 0 Å². The molecule has 0 aromatic carbocycles. The van der Waals surface area contributed by atoms with Crippen LogP contribution < -0.4 is 5.32 Å². The van der Waals surface area contributed by atoms with E-state index in [-0.39, 0.29) is 0 Å². The van der Waals surface area contributed by atoms with Gasteiger partial charge in [0.25, 0.3) is 0 Å². The normalized spacial score (nSPS) is 23.9. The highest BCUT2D eigenvalue weighted by Gasteiger charge is 2.19. The quantitative estimate of drug-likeness (QED) is 0.862. The van der Waals surface area contributed by atoms with Gasteiger partial charge >= 0.3 is 0 Å². The van der Waals surface area contributed by atoms with Gasteiger partial charge in [-0.1, -0.05) is 33.1 Å². The number of aryl methyl sites for hydroxylation is 1. The SMILES string of the molecule is CCc1cc(NCC2CCC(CC)CC2)ncn1. The van der Waals surface area contributed by atoms with Crippen LogP contribution in [-0.2, 0) is 6.42 Å². The van der Waals surface area contributed by atoms with Gasteiger partial charge in [0.15, 0.2) is 0 Å². The number of aromatic nitrogens is 2. The summed E-state index contributed by atoms with van der Waals surface area (Å²) in [6, 6.07) is 2.07. The van der Waals surface area contributed by atoms with Gasteiger partial charge in [-0.15, -0.1) is 0 Å². The number of nitrogens with zero attached hydrogens (tertiary/aromatic N) is 2. The van der Waals surface area contributed by atoms with Gasteiger partial charge in [-0.25, -0.2) is 9.97 Å². The Labute approximate surface area is 110 Å². The summed E-state index contributed by atoms with van der Waals surface area (Å²) in [7, 11) is 0. The smallest absolute Gasteiger partial charge is 0.129 e. The number of hydrogen-bond acceptors (Lipinski definition) is 3. The fourth-order valence-electron chi connectivity index (χ4n) is 2.78. The summed E-state index contributed by atoms with van der Waals surface area (Å²) in [6.45, 7) is 5.51. The molecule has 1 heterocycles. The lowest BCUT2D eigenvalue weighted by Gasteiger charge is -2.27. The molecular formula is C15H25N3. The molecule has 1 aliphatic rings. The minimum atomic E-state index is 0.827. The zero-order valence-corrected chi connectivity index (χ0v) is 11.7. The molecule has 0 spiro atoms. The fourth-order valence-corrected chi connectivity index (χ4v) is 2.78. The number of anilines is 1. The molecule has 0 atom stereocenters. The number of rotatable bonds is 5. The molecule has 0 amide bonds. The molecule has 1 saturated carbocycles. The first-order valence-electron chi connectivity index (χ1n) is 7.36. The Morgan fingerprint density at radius 1 is 1.11 bits per heavy atom. The van der Waals surface area contributed by atoms with Crippen LogP contribution in [0.4, 0.5) is 5.82 Å². The van der Waals surface area contributed by atoms with E-state index in [0.29, 0.717) is 0 Å². The van der Waals surface area contributed by atoms with Crippen LogP contribution in [0.5, 0.6) is 0 Å². The van der Waals surface area contributed by atoms with Gasteiger partial charge in [0, 0.05) is 18.3 Å². The highest BCUT2D eigenvalue weighted by Crippen LogP contribution is 2.30. The second-order valence-corrected chi connectivity index (χ2v) is 5.42. The summed E-state index contributed by atoms with van der Waals surface area (Å²) in [6.07, 6.45) is 9.55. The largest absolute Gasteiger partial charge is 0.370 e. The van der Waals surface area contributed by atoms with Crippen molar-refractivity contribution in [3.8, 4) is 0 Å². The van der Waals surface area contributed by atoms with Gasteiger partial charge in [-0.2, -0.15) is 0 Å². The van der Waals surface area contributed by atoms with E-state index >= 15 is 0 Å². The lowest BCUT2D eigenvalue weighted by atomic mass is 9.81. The van der Waals surface area contributed by atoms with Crippen LogP contribution in [0.1, 0.15) is 51.6 Å². The van der Waals surface area contributed by atoms with Gasteiger partial charge in [0.1, 0.15) is 12.1 Å². The van der Waals surface area contributed by atoms with E-state index < -0.39 is 0 Å². The molecule has 2 rings (SSSR count). The van der Waals surface area contributed by atoms with Crippen LogP contribution in [0.2, 0.25) is 0 Å². The predicted octanol–water partition coefficient (Wildman–Crippen LogP) is 3.67. The summed E-state index contributed by atoms with van der Waals surface area (Å²) < 4.78 is 0. The molecule has 1 fully saturated rings. The maximum atomic E-state index is 4.28. The van der Waals surface area contributed by atoms with E-state index in [4.69, 9.17) is 0 Å². The maximum absolute atomic E-state index is 4.28. The molecule has 100 valence electrons. The van der Waals surface area contributed by atoms with Crippen LogP contribution in [0.3, 0.4) is 0 Å². The van der Waals surface area contributed by atoms with Crippen LogP contribution in [-0.4, -0.2) is 16.5 Å². The minimum Gasteiger partial charge on any atom is -0.370 e. The molecule has 1 aromatic heterocycles. The van der Waals surface area contributed by atoms with Gasteiger partial charge in [-0.05, 0) is 31.1 Å². The van der Waals surface area contributed by atoms with Crippen molar-refractivity contribution < 1.29 is 0 Å². The zero-order chi connectivity index (χ0) is 12.8. The van der Waals surface area contributed by atoms with Crippen LogP contribution in [0.25, 0.3) is 0 Å². The highest BCUT2D eigenvalue weighted by atomic mass is 15.0. The first kappa shape index (κ1) is 13.3. The van der Waals surface area contributed by atoms with Crippen LogP contribution in [0, 0.1) is 11.8 Å². The predicted molar refractivity (Wildman–Crippen MR) is 75.6 cm³/mol. The molecule has 1 aliphatic carbocycles. The van der Waals surface area contributed by atoms with Crippen molar-refractivity contribution >= 4 is 5.82 Å². The van der Waals surface area contributed by atoms with Crippen LogP contribution >= 0.6 is 0 Å². The summed E-state index contributed by atoms with van der Waals surface area (Å²) in [5.74, 6) is 2.79.